The lowest BCUT2D eigenvalue weighted by molar-refractivity contribution is -0.154. The van der Waals surface area contributed by atoms with E-state index < -0.39 is 0 Å². The molecule has 1 fully saturated rings. The number of rotatable bonds is 4. The number of ether oxygens (including phenoxy) is 3. The van der Waals surface area contributed by atoms with Crippen molar-refractivity contribution in [2.45, 2.75) is 38.9 Å². The number of esters is 1. The van der Waals surface area contributed by atoms with Crippen molar-refractivity contribution < 1.29 is 19.0 Å². The van der Waals surface area contributed by atoms with E-state index in [1.54, 1.807) is 0 Å². The monoisotopic (exact) mass is 319 g/mol. The summed E-state index contributed by atoms with van der Waals surface area (Å²) in [6, 6.07) is 7.77. The molecule has 0 aromatic heterocycles. The van der Waals surface area contributed by atoms with Crippen molar-refractivity contribution in [3.05, 3.63) is 24.3 Å². The number of carbonyl (C=O) groups is 1. The van der Waals surface area contributed by atoms with Crippen LogP contribution >= 0.6 is 0 Å². The van der Waals surface area contributed by atoms with Gasteiger partial charge < -0.3 is 14.2 Å². The van der Waals surface area contributed by atoms with E-state index >= 15 is 0 Å². The standard InChI is InChI=1S/C18H25NO4/c1-13(2)22-18(20)14-7-9-19(10-8-14)11-15-12-21-16-5-3-4-6-17(16)23-15/h3-6,13-15H,7-12H2,1-2H3. The van der Waals surface area contributed by atoms with Crippen molar-refractivity contribution in [1.29, 1.82) is 0 Å². The van der Waals surface area contributed by atoms with Crippen LogP contribution in [0.5, 0.6) is 11.5 Å². The lowest BCUT2D eigenvalue weighted by Crippen LogP contribution is -2.45. The van der Waals surface area contributed by atoms with Gasteiger partial charge in [0.1, 0.15) is 12.7 Å². The van der Waals surface area contributed by atoms with Crippen LogP contribution in [-0.2, 0) is 9.53 Å². The molecule has 5 nitrogen and oxygen atoms in total. The molecule has 0 bridgehead atoms. The molecule has 5 heteroatoms. The number of carbonyl (C=O) groups excluding carboxylic acids is 1. The molecule has 23 heavy (non-hydrogen) atoms. The van der Waals surface area contributed by atoms with E-state index in [1.165, 1.54) is 0 Å². The number of fused-ring (bicyclic) bond motifs is 1. The van der Waals surface area contributed by atoms with Crippen LogP contribution < -0.4 is 9.47 Å². The van der Waals surface area contributed by atoms with Crippen LogP contribution in [-0.4, -0.2) is 49.3 Å². The third-order valence-corrected chi connectivity index (χ3v) is 4.30. The molecule has 0 N–H and O–H groups in total. The number of hydrogen-bond donors (Lipinski definition) is 0. The number of piperidine rings is 1. The lowest BCUT2D eigenvalue weighted by atomic mass is 9.96. The molecular weight excluding hydrogens is 294 g/mol. The quantitative estimate of drug-likeness (QED) is 0.798. The summed E-state index contributed by atoms with van der Waals surface area (Å²) in [7, 11) is 0. The molecule has 0 spiro atoms. The molecule has 126 valence electrons. The Kier molecular flexibility index (Phi) is 5.06. The molecule has 1 atom stereocenters. The SMILES string of the molecule is CC(C)OC(=O)C1CCN(CC2COc3ccccc3O2)CC1. The van der Waals surface area contributed by atoms with Gasteiger partial charge in [0, 0.05) is 6.54 Å². The maximum absolute atomic E-state index is 12.0. The van der Waals surface area contributed by atoms with Gasteiger partial charge in [-0.3, -0.25) is 9.69 Å². The smallest absolute Gasteiger partial charge is 0.309 e. The first kappa shape index (κ1) is 16.1. The van der Waals surface area contributed by atoms with E-state index in [9.17, 15) is 4.79 Å². The lowest BCUT2D eigenvalue weighted by Gasteiger charge is -2.35. The molecule has 1 saturated heterocycles. The Morgan fingerprint density at radius 2 is 1.96 bits per heavy atom. The molecule has 2 heterocycles. The van der Waals surface area contributed by atoms with Gasteiger partial charge in [-0.1, -0.05) is 12.1 Å². The van der Waals surface area contributed by atoms with Gasteiger partial charge in [-0.25, -0.2) is 0 Å². The first-order valence-electron chi connectivity index (χ1n) is 8.43. The first-order chi connectivity index (χ1) is 11.1. The van der Waals surface area contributed by atoms with Crippen LogP contribution in [0.3, 0.4) is 0 Å². The van der Waals surface area contributed by atoms with Crippen LogP contribution in [0, 0.1) is 5.92 Å². The maximum Gasteiger partial charge on any atom is 0.309 e. The van der Waals surface area contributed by atoms with Gasteiger partial charge in [0.25, 0.3) is 0 Å². The van der Waals surface area contributed by atoms with Crippen LogP contribution in [0.2, 0.25) is 0 Å². The Balaban J connectivity index is 1.46. The van der Waals surface area contributed by atoms with Crippen molar-refractivity contribution in [1.82, 2.24) is 4.90 Å². The van der Waals surface area contributed by atoms with Gasteiger partial charge in [0.2, 0.25) is 0 Å². The fraction of sp³-hybridized carbons (Fsp3) is 0.611. The fourth-order valence-corrected chi connectivity index (χ4v) is 3.12. The Bertz CT molecular complexity index is 538. The highest BCUT2D eigenvalue weighted by Crippen LogP contribution is 2.31. The van der Waals surface area contributed by atoms with Gasteiger partial charge in [0.05, 0.1) is 12.0 Å². The molecule has 2 aliphatic heterocycles. The zero-order valence-electron chi connectivity index (χ0n) is 13.9. The predicted octanol–water partition coefficient (Wildman–Crippen LogP) is 2.49. The highest BCUT2D eigenvalue weighted by atomic mass is 16.6. The van der Waals surface area contributed by atoms with E-state index in [4.69, 9.17) is 14.2 Å². The van der Waals surface area contributed by atoms with Gasteiger partial charge in [-0.15, -0.1) is 0 Å². The van der Waals surface area contributed by atoms with Crippen molar-refractivity contribution >= 4 is 5.97 Å². The molecule has 0 amide bonds. The molecular formula is C18H25NO4. The second-order valence-corrected chi connectivity index (χ2v) is 6.56. The number of hydrogen-bond acceptors (Lipinski definition) is 5. The van der Waals surface area contributed by atoms with Gasteiger partial charge in [-0.05, 0) is 51.9 Å². The molecule has 1 aromatic rings. The van der Waals surface area contributed by atoms with E-state index in [0.29, 0.717) is 6.61 Å². The van der Waals surface area contributed by atoms with Crippen molar-refractivity contribution in [2.24, 2.45) is 5.92 Å². The number of nitrogens with zero attached hydrogens (tertiary/aromatic N) is 1. The minimum atomic E-state index is -0.0502. The summed E-state index contributed by atoms with van der Waals surface area (Å²) >= 11 is 0. The average molecular weight is 319 g/mol. The summed E-state index contributed by atoms with van der Waals surface area (Å²) in [6.45, 7) is 7.00. The summed E-state index contributed by atoms with van der Waals surface area (Å²) in [5.74, 6) is 1.63. The zero-order chi connectivity index (χ0) is 16.2. The molecule has 0 saturated carbocycles. The third kappa shape index (κ3) is 4.16. The van der Waals surface area contributed by atoms with E-state index in [2.05, 4.69) is 4.90 Å². The molecule has 2 aliphatic rings. The van der Waals surface area contributed by atoms with E-state index in [0.717, 1.165) is 44.0 Å². The summed E-state index contributed by atoms with van der Waals surface area (Å²) in [4.78, 5) is 14.3. The Morgan fingerprint density at radius 3 is 2.65 bits per heavy atom. The minimum absolute atomic E-state index is 0.0339. The second kappa shape index (κ2) is 7.21. The Labute approximate surface area is 137 Å². The highest BCUT2D eigenvalue weighted by Gasteiger charge is 2.29. The van der Waals surface area contributed by atoms with Crippen molar-refractivity contribution in [2.75, 3.05) is 26.2 Å². The average Bonchev–Trinajstić information content (AvgIpc) is 2.55. The Morgan fingerprint density at radius 1 is 1.26 bits per heavy atom. The van der Waals surface area contributed by atoms with Crippen molar-refractivity contribution in [3.8, 4) is 11.5 Å². The van der Waals surface area contributed by atoms with Gasteiger partial charge >= 0.3 is 5.97 Å². The molecule has 1 aromatic carbocycles. The van der Waals surface area contributed by atoms with E-state index in [-0.39, 0.29) is 24.1 Å². The number of likely N-dealkylation sites (tertiary alicyclic amines) is 1. The minimum Gasteiger partial charge on any atom is -0.486 e. The largest absolute Gasteiger partial charge is 0.486 e. The van der Waals surface area contributed by atoms with Gasteiger partial charge in [0.15, 0.2) is 11.5 Å². The molecule has 1 unspecified atom stereocenters. The molecule has 0 radical (unpaired) electrons. The summed E-state index contributed by atoms with van der Waals surface area (Å²) in [5, 5.41) is 0. The van der Waals surface area contributed by atoms with Crippen LogP contribution in [0.25, 0.3) is 0 Å². The second-order valence-electron chi connectivity index (χ2n) is 6.56. The Hall–Kier alpha value is -1.75. The number of benzene rings is 1. The van der Waals surface area contributed by atoms with Crippen LogP contribution in [0.15, 0.2) is 24.3 Å². The number of para-hydroxylation sites is 2. The van der Waals surface area contributed by atoms with E-state index in [1.807, 2.05) is 38.1 Å². The molecule has 3 rings (SSSR count). The van der Waals surface area contributed by atoms with Crippen LogP contribution in [0.4, 0.5) is 0 Å². The first-order valence-corrected chi connectivity index (χ1v) is 8.43. The van der Waals surface area contributed by atoms with Crippen molar-refractivity contribution in [3.63, 3.8) is 0 Å². The third-order valence-electron chi connectivity index (χ3n) is 4.30. The van der Waals surface area contributed by atoms with Gasteiger partial charge in [-0.2, -0.15) is 0 Å². The zero-order valence-corrected chi connectivity index (χ0v) is 13.9. The summed E-state index contributed by atoms with van der Waals surface area (Å²) in [5.41, 5.74) is 0. The fourth-order valence-electron chi connectivity index (χ4n) is 3.12. The summed E-state index contributed by atoms with van der Waals surface area (Å²) < 4.78 is 17.1. The topological polar surface area (TPSA) is 48.0 Å². The molecule has 0 aliphatic carbocycles. The maximum atomic E-state index is 12.0. The highest BCUT2D eigenvalue weighted by molar-refractivity contribution is 5.72. The normalized spacial score (nSPS) is 22.1. The predicted molar refractivity (Wildman–Crippen MR) is 86.7 cm³/mol. The van der Waals surface area contributed by atoms with Crippen LogP contribution in [0.1, 0.15) is 26.7 Å². The summed E-state index contributed by atoms with van der Waals surface area (Å²) in [6.07, 6.45) is 1.73.